The van der Waals surface area contributed by atoms with Gasteiger partial charge in [-0.25, -0.2) is 0 Å². The molecule has 0 aliphatic heterocycles. The first-order valence-corrected chi connectivity index (χ1v) is 10.3. The van der Waals surface area contributed by atoms with E-state index in [-0.39, 0.29) is 18.4 Å². The molecule has 1 aliphatic carbocycles. The summed E-state index contributed by atoms with van der Waals surface area (Å²) >= 11 is 0. The van der Waals surface area contributed by atoms with Gasteiger partial charge in [0.25, 0.3) is 0 Å². The minimum atomic E-state index is -0.603. The van der Waals surface area contributed by atoms with E-state index in [2.05, 4.69) is 10.6 Å². The number of benzene rings is 3. The number of anilines is 1. The molecular weight excluding hydrogens is 376 g/mol. The average molecular weight is 402 g/mol. The molecule has 5 nitrogen and oxygen atoms in total. The summed E-state index contributed by atoms with van der Waals surface area (Å²) in [6, 6.07) is 21.4. The summed E-state index contributed by atoms with van der Waals surface area (Å²) in [6.45, 7) is -0.0617. The van der Waals surface area contributed by atoms with Crippen LogP contribution in [0.5, 0.6) is 5.75 Å². The quantitative estimate of drug-likeness (QED) is 0.642. The van der Waals surface area contributed by atoms with Crippen molar-refractivity contribution in [3.63, 3.8) is 0 Å². The minimum Gasteiger partial charge on any atom is -0.497 e. The van der Waals surface area contributed by atoms with E-state index in [0.29, 0.717) is 0 Å². The molecule has 2 N–H and O–H groups in total. The molecule has 154 valence electrons. The molecular formula is C25H26N2O3. The van der Waals surface area contributed by atoms with Gasteiger partial charge in [-0.15, -0.1) is 0 Å². The molecule has 30 heavy (non-hydrogen) atoms. The molecule has 2 amide bonds. The lowest BCUT2D eigenvalue weighted by atomic mass is 9.78. The Morgan fingerprint density at radius 2 is 1.70 bits per heavy atom. The highest BCUT2D eigenvalue weighted by molar-refractivity contribution is 6.03. The lowest BCUT2D eigenvalue weighted by molar-refractivity contribution is -0.128. The van der Waals surface area contributed by atoms with Crippen molar-refractivity contribution in [2.45, 2.75) is 31.1 Å². The van der Waals surface area contributed by atoms with Gasteiger partial charge in [-0.1, -0.05) is 61.4 Å². The van der Waals surface area contributed by atoms with E-state index in [1.54, 1.807) is 7.11 Å². The fraction of sp³-hybridized carbons (Fsp3) is 0.280. The van der Waals surface area contributed by atoms with Gasteiger partial charge in [-0.2, -0.15) is 0 Å². The van der Waals surface area contributed by atoms with Crippen molar-refractivity contribution < 1.29 is 14.3 Å². The number of amides is 2. The van der Waals surface area contributed by atoms with Gasteiger partial charge in [0.2, 0.25) is 11.8 Å². The van der Waals surface area contributed by atoms with E-state index >= 15 is 0 Å². The molecule has 0 spiro atoms. The second-order valence-corrected chi connectivity index (χ2v) is 7.78. The van der Waals surface area contributed by atoms with Gasteiger partial charge in [0, 0.05) is 11.1 Å². The van der Waals surface area contributed by atoms with E-state index in [0.717, 1.165) is 53.5 Å². The second kappa shape index (κ2) is 8.57. The van der Waals surface area contributed by atoms with Crippen LogP contribution in [0.25, 0.3) is 10.8 Å². The molecule has 0 unspecified atom stereocenters. The monoisotopic (exact) mass is 402 g/mol. The molecule has 3 aromatic carbocycles. The third-order valence-corrected chi connectivity index (χ3v) is 5.99. The van der Waals surface area contributed by atoms with Gasteiger partial charge >= 0.3 is 0 Å². The van der Waals surface area contributed by atoms with Crippen LogP contribution in [-0.2, 0) is 15.0 Å². The lowest BCUT2D eigenvalue weighted by Crippen LogP contribution is -2.45. The van der Waals surface area contributed by atoms with Crippen LogP contribution in [0.1, 0.15) is 31.2 Å². The van der Waals surface area contributed by atoms with Crippen LogP contribution in [0, 0.1) is 0 Å². The fourth-order valence-electron chi connectivity index (χ4n) is 4.40. The Morgan fingerprint density at radius 1 is 0.967 bits per heavy atom. The average Bonchev–Trinajstić information content (AvgIpc) is 3.29. The molecule has 1 fully saturated rings. The van der Waals surface area contributed by atoms with E-state index in [1.165, 1.54) is 0 Å². The first-order valence-electron chi connectivity index (χ1n) is 10.3. The third-order valence-electron chi connectivity index (χ3n) is 5.99. The Bertz CT molecular complexity index is 1070. The van der Waals surface area contributed by atoms with Gasteiger partial charge in [0.1, 0.15) is 5.75 Å². The Morgan fingerprint density at radius 3 is 2.50 bits per heavy atom. The summed E-state index contributed by atoms with van der Waals surface area (Å²) in [4.78, 5) is 25.8. The molecule has 5 heteroatoms. The van der Waals surface area contributed by atoms with Crippen LogP contribution < -0.4 is 15.4 Å². The number of rotatable bonds is 6. The van der Waals surface area contributed by atoms with Crippen molar-refractivity contribution in [3.05, 3.63) is 72.3 Å². The highest BCUT2D eigenvalue weighted by Crippen LogP contribution is 2.42. The normalized spacial score (nSPS) is 15.0. The summed E-state index contributed by atoms with van der Waals surface area (Å²) in [6.07, 6.45) is 3.54. The van der Waals surface area contributed by atoms with Crippen molar-refractivity contribution in [1.82, 2.24) is 5.32 Å². The zero-order chi connectivity index (χ0) is 21.0. The fourth-order valence-corrected chi connectivity index (χ4v) is 4.40. The zero-order valence-electron chi connectivity index (χ0n) is 17.1. The van der Waals surface area contributed by atoms with Gasteiger partial charge in [0.05, 0.1) is 19.1 Å². The molecule has 0 radical (unpaired) electrons. The maximum absolute atomic E-state index is 13.2. The number of hydrogen-bond donors (Lipinski definition) is 2. The Hall–Kier alpha value is -3.34. The number of ether oxygens (including phenoxy) is 1. The first kappa shape index (κ1) is 20.0. The number of hydrogen-bond acceptors (Lipinski definition) is 3. The Balaban J connectivity index is 1.46. The Labute approximate surface area is 176 Å². The highest BCUT2D eigenvalue weighted by atomic mass is 16.5. The van der Waals surface area contributed by atoms with Gasteiger partial charge < -0.3 is 15.4 Å². The zero-order valence-corrected chi connectivity index (χ0v) is 17.1. The number of carbonyl (C=O) groups excluding carboxylic acids is 2. The van der Waals surface area contributed by atoms with Crippen molar-refractivity contribution in [2.75, 3.05) is 19.0 Å². The third kappa shape index (κ3) is 3.88. The van der Waals surface area contributed by atoms with Gasteiger partial charge in [-0.05, 0) is 42.0 Å². The van der Waals surface area contributed by atoms with Crippen LogP contribution in [0.4, 0.5) is 5.69 Å². The number of methoxy groups -OCH3 is 1. The molecule has 0 bridgehead atoms. The SMILES string of the molecule is COc1cccc(C2(C(=O)NCC(=O)Nc3cccc4ccccc34)CCCC2)c1. The van der Waals surface area contributed by atoms with Crippen LogP contribution in [0.3, 0.4) is 0 Å². The smallest absolute Gasteiger partial charge is 0.243 e. The van der Waals surface area contributed by atoms with Crippen molar-refractivity contribution in [1.29, 1.82) is 0 Å². The van der Waals surface area contributed by atoms with Gasteiger partial charge in [-0.3, -0.25) is 9.59 Å². The summed E-state index contributed by atoms with van der Waals surface area (Å²) < 4.78 is 5.34. The van der Waals surface area contributed by atoms with E-state index in [9.17, 15) is 9.59 Å². The molecule has 1 aliphatic rings. The largest absolute Gasteiger partial charge is 0.497 e. The van der Waals surface area contributed by atoms with E-state index in [1.807, 2.05) is 66.7 Å². The van der Waals surface area contributed by atoms with Crippen LogP contribution in [-0.4, -0.2) is 25.5 Å². The van der Waals surface area contributed by atoms with E-state index < -0.39 is 5.41 Å². The lowest BCUT2D eigenvalue weighted by Gasteiger charge is -2.28. The maximum atomic E-state index is 13.2. The Kier molecular flexibility index (Phi) is 5.70. The summed E-state index contributed by atoms with van der Waals surface area (Å²) in [7, 11) is 1.62. The predicted octanol–water partition coefficient (Wildman–Crippen LogP) is 4.42. The molecule has 1 saturated carbocycles. The topological polar surface area (TPSA) is 67.4 Å². The number of fused-ring (bicyclic) bond motifs is 1. The minimum absolute atomic E-state index is 0.0617. The first-order chi connectivity index (χ1) is 14.6. The summed E-state index contributed by atoms with van der Waals surface area (Å²) in [5.74, 6) is 0.403. The predicted molar refractivity (Wildman–Crippen MR) is 119 cm³/mol. The summed E-state index contributed by atoms with van der Waals surface area (Å²) in [5, 5.41) is 7.84. The molecule has 3 aromatic rings. The van der Waals surface area contributed by atoms with Crippen molar-refractivity contribution >= 4 is 28.3 Å². The maximum Gasteiger partial charge on any atom is 0.243 e. The highest BCUT2D eigenvalue weighted by Gasteiger charge is 2.42. The van der Waals surface area contributed by atoms with Crippen molar-refractivity contribution in [2.24, 2.45) is 0 Å². The molecule has 0 heterocycles. The summed E-state index contributed by atoms with van der Waals surface area (Å²) in [5.41, 5.74) is 1.09. The second-order valence-electron chi connectivity index (χ2n) is 7.78. The standard InChI is InChI=1S/C25H26N2O3/c1-30-20-11-7-10-19(16-20)25(14-4-5-15-25)24(29)26-17-23(28)27-22-13-6-9-18-8-2-3-12-21(18)22/h2-3,6-13,16H,4-5,14-15,17H2,1H3,(H,26,29)(H,27,28). The van der Waals surface area contributed by atoms with Crippen LogP contribution in [0.2, 0.25) is 0 Å². The van der Waals surface area contributed by atoms with E-state index in [4.69, 9.17) is 4.74 Å². The van der Waals surface area contributed by atoms with Crippen LogP contribution in [0.15, 0.2) is 66.7 Å². The number of nitrogens with one attached hydrogen (secondary N) is 2. The molecule has 4 rings (SSSR count). The van der Waals surface area contributed by atoms with Gasteiger partial charge in [0.15, 0.2) is 0 Å². The molecule has 0 atom stereocenters. The molecule has 0 saturated heterocycles. The number of carbonyl (C=O) groups is 2. The van der Waals surface area contributed by atoms with Crippen LogP contribution >= 0.6 is 0 Å². The van der Waals surface area contributed by atoms with Crippen molar-refractivity contribution in [3.8, 4) is 5.75 Å². The molecule has 0 aromatic heterocycles.